The average Bonchev–Trinajstić information content (AvgIpc) is 2.48. The first-order valence-electron chi connectivity index (χ1n) is 8.42. The van der Waals surface area contributed by atoms with Gasteiger partial charge in [0.1, 0.15) is 0 Å². The predicted molar refractivity (Wildman–Crippen MR) is 98.5 cm³/mol. The van der Waals surface area contributed by atoms with E-state index in [2.05, 4.69) is 24.1 Å². The Hall–Kier alpha value is -0.0700. The van der Waals surface area contributed by atoms with E-state index in [4.69, 9.17) is 10.5 Å². The third-order valence-electron chi connectivity index (χ3n) is 4.95. The smallest absolute Gasteiger partial charge is 0.240 e. The largest absolute Gasteiger partial charge is 0.379 e. The topological polar surface area (TPSA) is 67.6 Å². The van der Waals surface area contributed by atoms with Crippen LogP contribution in [-0.2, 0) is 9.53 Å². The van der Waals surface area contributed by atoms with Gasteiger partial charge in [-0.05, 0) is 18.8 Å². The van der Waals surface area contributed by atoms with Crippen molar-refractivity contribution in [1.82, 2.24) is 10.2 Å². The van der Waals surface area contributed by atoms with Crippen LogP contribution >= 0.6 is 24.8 Å². The summed E-state index contributed by atoms with van der Waals surface area (Å²) in [5.41, 5.74) is 5.66. The van der Waals surface area contributed by atoms with Crippen molar-refractivity contribution in [3.63, 3.8) is 0 Å². The van der Waals surface area contributed by atoms with Crippen LogP contribution in [-0.4, -0.2) is 55.2 Å². The van der Waals surface area contributed by atoms with Crippen LogP contribution in [0.1, 0.15) is 46.0 Å². The standard InChI is InChI=1S/C16H31N3O2.2ClH/c1-13(2)14(19-8-10-21-11-9-19)12-18-15(20)16(17)6-4-3-5-7-16;;/h13-14H,3-12,17H2,1-2H3,(H,18,20);2*1H. The summed E-state index contributed by atoms with van der Waals surface area (Å²) in [4.78, 5) is 14.9. The molecule has 0 radical (unpaired) electrons. The number of halogens is 2. The van der Waals surface area contributed by atoms with Crippen molar-refractivity contribution in [2.75, 3.05) is 32.8 Å². The Labute approximate surface area is 152 Å². The highest BCUT2D eigenvalue weighted by atomic mass is 35.5. The first-order chi connectivity index (χ1) is 10.0. The van der Waals surface area contributed by atoms with Crippen molar-refractivity contribution in [1.29, 1.82) is 0 Å². The van der Waals surface area contributed by atoms with Crippen molar-refractivity contribution >= 4 is 30.7 Å². The van der Waals surface area contributed by atoms with Gasteiger partial charge in [-0.15, -0.1) is 24.8 Å². The fourth-order valence-electron chi connectivity index (χ4n) is 3.48. The van der Waals surface area contributed by atoms with E-state index in [1.54, 1.807) is 0 Å². The second-order valence-electron chi connectivity index (χ2n) is 6.89. The molecule has 0 spiro atoms. The minimum absolute atomic E-state index is 0. The first-order valence-corrected chi connectivity index (χ1v) is 8.42. The zero-order valence-corrected chi connectivity index (χ0v) is 16.0. The minimum Gasteiger partial charge on any atom is -0.379 e. The summed E-state index contributed by atoms with van der Waals surface area (Å²) in [5.74, 6) is 0.546. The molecule has 2 fully saturated rings. The molecule has 1 atom stereocenters. The van der Waals surface area contributed by atoms with Crippen LogP contribution < -0.4 is 11.1 Å². The Bertz CT molecular complexity index is 344. The van der Waals surface area contributed by atoms with E-state index in [1.807, 2.05) is 0 Å². The molecule has 0 aromatic heterocycles. The number of hydrogen-bond acceptors (Lipinski definition) is 4. The molecule has 1 aliphatic carbocycles. The van der Waals surface area contributed by atoms with Crippen molar-refractivity contribution < 1.29 is 9.53 Å². The van der Waals surface area contributed by atoms with Crippen LogP contribution in [0, 0.1) is 5.92 Å². The molecule has 1 heterocycles. The van der Waals surface area contributed by atoms with Crippen LogP contribution in [0.2, 0.25) is 0 Å². The molecule has 1 saturated heterocycles. The van der Waals surface area contributed by atoms with Crippen LogP contribution in [0.3, 0.4) is 0 Å². The van der Waals surface area contributed by atoms with Crippen LogP contribution in [0.5, 0.6) is 0 Å². The van der Waals surface area contributed by atoms with Gasteiger partial charge in [0.25, 0.3) is 0 Å². The Kier molecular flexibility index (Phi) is 10.7. The second kappa shape index (κ2) is 10.7. The van der Waals surface area contributed by atoms with Crippen molar-refractivity contribution in [3.8, 4) is 0 Å². The van der Waals surface area contributed by atoms with Gasteiger partial charge >= 0.3 is 0 Å². The number of ether oxygens (including phenoxy) is 1. The molecule has 1 amide bonds. The maximum absolute atomic E-state index is 12.5. The minimum atomic E-state index is -0.634. The third kappa shape index (κ3) is 6.39. The lowest BCUT2D eigenvalue weighted by atomic mass is 9.82. The summed E-state index contributed by atoms with van der Waals surface area (Å²) in [5, 5.41) is 3.13. The highest BCUT2D eigenvalue weighted by molar-refractivity contribution is 5.86. The molecule has 7 heteroatoms. The van der Waals surface area contributed by atoms with E-state index < -0.39 is 5.54 Å². The Morgan fingerprint density at radius 1 is 1.17 bits per heavy atom. The molecule has 1 saturated carbocycles. The van der Waals surface area contributed by atoms with Gasteiger partial charge in [0.15, 0.2) is 0 Å². The molecule has 5 nitrogen and oxygen atoms in total. The molecule has 138 valence electrons. The summed E-state index contributed by atoms with van der Waals surface area (Å²) < 4.78 is 5.42. The summed E-state index contributed by atoms with van der Waals surface area (Å²) >= 11 is 0. The number of carbonyl (C=O) groups excluding carboxylic acids is 1. The van der Waals surface area contributed by atoms with E-state index in [1.165, 1.54) is 6.42 Å². The van der Waals surface area contributed by atoms with Gasteiger partial charge in [0.2, 0.25) is 5.91 Å². The summed E-state index contributed by atoms with van der Waals surface area (Å²) in [6.07, 6.45) is 4.99. The maximum Gasteiger partial charge on any atom is 0.240 e. The van der Waals surface area contributed by atoms with Crippen molar-refractivity contribution in [3.05, 3.63) is 0 Å². The summed E-state index contributed by atoms with van der Waals surface area (Å²) in [7, 11) is 0. The van der Waals surface area contributed by atoms with Gasteiger partial charge in [0, 0.05) is 25.7 Å². The highest BCUT2D eigenvalue weighted by Gasteiger charge is 2.35. The van der Waals surface area contributed by atoms with Crippen LogP contribution in [0.15, 0.2) is 0 Å². The highest BCUT2D eigenvalue weighted by Crippen LogP contribution is 2.26. The van der Waals surface area contributed by atoms with Gasteiger partial charge in [-0.3, -0.25) is 9.69 Å². The third-order valence-corrected chi connectivity index (χ3v) is 4.95. The number of nitrogens with zero attached hydrogens (tertiary/aromatic N) is 1. The molecular formula is C16H33Cl2N3O2. The lowest BCUT2D eigenvalue weighted by Crippen LogP contribution is -2.58. The van der Waals surface area contributed by atoms with E-state index >= 15 is 0 Å². The number of rotatable bonds is 5. The van der Waals surface area contributed by atoms with Gasteiger partial charge in [-0.2, -0.15) is 0 Å². The van der Waals surface area contributed by atoms with E-state index in [9.17, 15) is 4.79 Å². The fourth-order valence-corrected chi connectivity index (χ4v) is 3.48. The zero-order valence-electron chi connectivity index (χ0n) is 14.4. The number of amides is 1. The van der Waals surface area contributed by atoms with Gasteiger partial charge in [0.05, 0.1) is 18.8 Å². The van der Waals surface area contributed by atoms with Gasteiger partial charge in [-0.25, -0.2) is 0 Å². The molecule has 2 rings (SSSR count). The Morgan fingerprint density at radius 2 is 1.74 bits per heavy atom. The average molecular weight is 370 g/mol. The number of nitrogens with one attached hydrogen (secondary N) is 1. The van der Waals surface area contributed by atoms with E-state index in [-0.39, 0.29) is 30.7 Å². The van der Waals surface area contributed by atoms with Gasteiger partial charge < -0.3 is 15.8 Å². The normalized spacial score (nSPS) is 22.6. The Morgan fingerprint density at radius 3 is 2.26 bits per heavy atom. The number of morpholine rings is 1. The van der Waals surface area contributed by atoms with Crippen molar-refractivity contribution in [2.24, 2.45) is 11.7 Å². The lowest BCUT2D eigenvalue weighted by Gasteiger charge is -2.38. The number of hydrogen-bond donors (Lipinski definition) is 2. The SMILES string of the molecule is CC(C)C(CNC(=O)C1(N)CCCCC1)N1CCOCC1.Cl.Cl. The lowest BCUT2D eigenvalue weighted by molar-refractivity contribution is -0.128. The predicted octanol–water partition coefficient (Wildman–Crippen LogP) is 1.96. The number of carbonyl (C=O) groups is 1. The molecular weight excluding hydrogens is 337 g/mol. The number of nitrogens with two attached hydrogens (primary N) is 1. The quantitative estimate of drug-likeness (QED) is 0.777. The Balaban J connectivity index is 0.00000242. The monoisotopic (exact) mass is 369 g/mol. The van der Waals surface area contributed by atoms with E-state index in [0.717, 1.165) is 52.0 Å². The fraction of sp³-hybridized carbons (Fsp3) is 0.938. The summed E-state index contributed by atoms with van der Waals surface area (Å²) in [6, 6.07) is 0.366. The molecule has 2 aliphatic rings. The molecule has 0 aromatic rings. The molecule has 1 aliphatic heterocycles. The zero-order chi connectivity index (χ0) is 15.3. The first kappa shape index (κ1) is 22.9. The van der Waals surface area contributed by atoms with Crippen LogP contribution in [0.25, 0.3) is 0 Å². The molecule has 23 heavy (non-hydrogen) atoms. The summed E-state index contributed by atoms with van der Waals surface area (Å²) in [6.45, 7) is 8.60. The van der Waals surface area contributed by atoms with E-state index in [0.29, 0.717) is 18.5 Å². The van der Waals surface area contributed by atoms with Crippen LogP contribution in [0.4, 0.5) is 0 Å². The van der Waals surface area contributed by atoms with Gasteiger partial charge in [-0.1, -0.05) is 33.1 Å². The molecule has 3 N–H and O–H groups in total. The van der Waals surface area contributed by atoms with Crippen molar-refractivity contribution in [2.45, 2.75) is 57.5 Å². The molecule has 1 unspecified atom stereocenters. The maximum atomic E-state index is 12.5. The second-order valence-corrected chi connectivity index (χ2v) is 6.89. The molecule has 0 bridgehead atoms. The molecule has 0 aromatic carbocycles.